The van der Waals surface area contributed by atoms with Gasteiger partial charge in [-0.1, -0.05) is 19.1 Å². The molecule has 3 rings (SSSR count). The number of nitrogens with two attached hydrogens (primary N) is 1. The minimum atomic E-state index is -0.506. The van der Waals surface area contributed by atoms with E-state index in [0.29, 0.717) is 12.2 Å². The molecule has 0 unspecified atom stereocenters. The number of hydrazone groups is 1. The number of nitrogen functional groups attached to an aromatic ring is 1. The van der Waals surface area contributed by atoms with Crippen molar-refractivity contribution in [2.75, 3.05) is 18.8 Å². The lowest BCUT2D eigenvalue weighted by molar-refractivity contribution is 0.0948. The van der Waals surface area contributed by atoms with Crippen LogP contribution in [-0.2, 0) is 6.54 Å². The SMILES string of the molecule is CCN(CC)Cc1c(C(=O)NN=Cc2ccncc2)nnn1-c1nonc1N. The Kier molecular flexibility index (Phi) is 6.01. The maximum atomic E-state index is 12.6. The number of rotatable bonds is 8. The van der Waals surface area contributed by atoms with Crippen LogP contribution in [0.5, 0.6) is 0 Å². The number of nitrogens with zero attached hydrogens (tertiary/aromatic N) is 8. The summed E-state index contributed by atoms with van der Waals surface area (Å²) < 4.78 is 5.99. The molecule has 12 nitrogen and oxygen atoms in total. The summed E-state index contributed by atoms with van der Waals surface area (Å²) in [6.45, 7) is 5.99. The molecule has 0 atom stereocenters. The minimum Gasteiger partial charge on any atom is -0.378 e. The number of anilines is 1. The van der Waals surface area contributed by atoms with Gasteiger partial charge in [0.1, 0.15) is 0 Å². The number of hydrogen-bond acceptors (Lipinski definition) is 10. The Labute approximate surface area is 160 Å². The molecule has 0 bridgehead atoms. The fraction of sp³-hybridized carbons (Fsp3) is 0.312. The molecule has 3 N–H and O–H groups in total. The van der Waals surface area contributed by atoms with Crippen LogP contribution in [-0.4, -0.2) is 60.4 Å². The molecule has 3 heterocycles. The van der Waals surface area contributed by atoms with Crippen LogP contribution < -0.4 is 11.2 Å². The van der Waals surface area contributed by atoms with E-state index < -0.39 is 5.91 Å². The summed E-state index contributed by atoms with van der Waals surface area (Å²) in [5.74, 6) is -0.281. The Balaban J connectivity index is 1.87. The van der Waals surface area contributed by atoms with Gasteiger partial charge in [0.15, 0.2) is 5.69 Å². The van der Waals surface area contributed by atoms with Gasteiger partial charge in [0, 0.05) is 18.9 Å². The van der Waals surface area contributed by atoms with Gasteiger partial charge in [0.05, 0.1) is 11.9 Å². The lowest BCUT2D eigenvalue weighted by Gasteiger charge is -2.18. The van der Waals surface area contributed by atoms with Crippen LogP contribution in [0.15, 0.2) is 34.3 Å². The molecule has 0 saturated heterocycles. The largest absolute Gasteiger partial charge is 0.378 e. The van der Waals surface area contributed by atoms with Crippen LogP contribution in [0.4, 0.5) is 5.82 Å². The van der Waals surface area contributed by atoms with Gasteiger partial charge in [0.25, 0.3) is 5.91 Å². The van der Waals surface area contributed by atoms with E-state index in [1.807, 2.05) is 13.8 Å². The number of hydrogen-bond donors (Lipinski definition) is 2. The third-order valence-corrected chi connectivity index (χ3v) is 4.03. The molecule has 0 aliphatic rings. The van der Waals surface area contributed by atoms with E-state index in [-0.39, 0.29) is 17.3 Å². The smallest absolute Gasteiger partial charge is 0.293 e. The van der Waals surface area contributed by atoms with Gasteiger partial charge < -0.3 is 5.73 Å². The number of nitrogens with one attached hydrogen (secondary N) is 1. The van der Waals surface area contributed by atoms with Gasteiger partial charge in [0.2, 0.25) is 11.6 Å². The van der Waals surface area contributed by atoms with Crippen LogP contribution in [0.25, 0.3) is 5.82 Å². The lowest BCUT2D eigenvalue weighted by atomic mass is 10.2. The van der Waals surface area contributed by atoms with Crippen molar-refractivity contribution in [3.05, 3.63) is 41.5 Å². The van der Waals surface area contributed by atoms with Crippen LogP contribution in [0.1, 0.15) is 35.6 Å². The zero-order chi connectivity index (χ0) is 19.9. The highest BCUT2D eigenvalue weighted by Crippen LogP contribution is 2.17. The quantitative estimate of drug-likeness (QED) is 0.410. The first-order valence-electron chi connectivity index (χ1n) is 8.62. The number of carbonyl (C=O) groups is 1. The molecule has 3 aromatic rings. The molecule has 0 aliphatic heterocycles. The van der Waals surface area contributed by atoms with Crippen molar-refractivity contribution in [1.82, 2.24) is 40.6 Å². The van der Waals surface area contributed by atoms with Gasteiger partial charge in [-0.3, -0.25) is 14.7 Å². The number of pyridine rings is 1. The van der Waals surface area contributed by atoms with Crippen molar-refractivity contribution in [2.45, 2.75) is 20.4 Å². The average Bonchev–Trinajstić information content (AvgIpc) is 3.32. The molecular formula is C16H20N10O2. The maximum Gasteiger partial charge on any atom is 0.293 e. The predicted molar refractivity (Wildman–Crippen MR) is 99.5 cm³/mol. The average molecular weight is 384 g/mol. The van der Waals surface area contributed by atoms with E-state index in [1.165, 1.54) is 10.9 Å². The van der Waals surface area contributed by atoms with E-state index in [0.717, 1.165) is 18.7 Å². The van der Waals surface area contributed by atoms with Crippen molar-refractivity contribution in [3.63, 3.8) is 0 Å². The van der Waals surface area contributed by atoms with E-state index in [9.17, 15) is 4.79 Å². The first kappa shape index (κ1) is 19.1. The molecule has 0 saturated carbocycles. The molecule has 0 aliphatic carbocycles. The zero-order valence-corrected chi connectivity index (χ0v) is 15.5. The molecule has 1 amide bonds. The summed E-state index contributed by atoms with van der Waals surface area (Å²) in [6, 6.07) is 3.52. The molecule has 28 heavy (non-hydrogen) atoms. The molecule has 0 spiro atoms. The van der Waals surface area contributed by atoms with Crippen LogP contribution in [0.3, 0.4) is 0 Å². The Hall–Kier alpha value is -3.67. The van der Waals surface area contributed by atoms with Crippen LogP contribution in [0.2, 0.25) is 0 Å². The highest BCUT2D eigenvalue weighted by atomic mass is 16.6. The van der Waals surface area contributed by atoms with Crippen molar-refractivity contribution in [3.8, 4) is 5.82 Å². The second kappa shape index (κ2) is 8.81. The number of aromatic nitrogens is 6. The third kappa shape index (κ3) is 4.17. The number of amides is 1. The predicted octanol–water partition coefficient (Wildman–Crippen LogP) is 0.233. The molecule has 0 radical (unpaired) electrons. The van der Waals surface area contributed by atoms with E-state index in [1.54, 1.807) is 24.5 Å². The van der Waals surface area contributed by atoms with Gasteiger partial charge in [-0.2, -0.15) is 9.78 Å². The van der Waals surface area contributed by atoms with Crippen LogP contribution in [0, 0.1) is 0 Å². The van der Waals surface area contributed by atoms with E-state index in [2.05, 4.69) is 45.7 Å². The molecule has 3 aromatic heterocycles. The van der Waals surface area contributed by atoms with E-state index >= 15 is 0 Å². The minimum absolute atomic E-state index is 0.0494. The van der Waals surface area contributed by atoms with Crippen molar-refractivity contribution in [2.24, 2.45) is 5.10 Å². The van der Waals surface area contributed by atoms with Gasteiger partial charge >= 0.3 is 0 Å². The molecule has 0 fully saturated rings. The second-order valence-corrected chi connectivity index (χ2v) is 5.71. The highest BCUT2D eigenvalue weighted by molar-refractivity contribution is 5.94. The summed E-state index contributed by atoms with van der Waals surface area (Å²) in [7, 11) is 0. The van der Waals surface area contributed by atoms with Crippen molar-refractivity contribution < 1.29 is 9.42 Å². The van der Waals surface area contributed by atoms with Crippen molar-refractivity contribution in [1.29, 1.82) is 0 Å². The molecule has 0 aromatic carbocycles. The van der Waals surface area contributed by atoms with Gasteiger partial charge in [-0.25, -0.2) is 10.1 Å². The topological polar surface area (TPSA) is 153 Å². The highest BCUT2D eigenvalue weighted by Gasteiger charge is 2.24. The normalized spacial score (nSPS) is 11.4. The Bertz CT molecular complexity index is 946. The molecule has 146 valence electrons. The Morgan fingerprint density at radius 2 is 2.07 bits per heavy atom. The lowest BCUT2D eigenvalue weighted by Crippen LogP contribution is -2.27. The Morgan fingerprint density at radius 1 is 1.32 bits per heavy atom. The van der Waals surface area contributed by atoms with Crippen LogP contribution >= 0.6 is 0 Å². The third-order valence-electron chi connectivity index (χ3n) is 4.03. The molecule has 12 heteroatoms. The molecular weight excluding hydrogens is 364 g/mol. The maximum absolute atomic E-state index is 12.6. The van der Waals surface area contributed by atoms with E-state index in [4.69, 9.17) is 5.73 Å². The monoisotopic (exact) mass is 384 g/mol. The fourth-order valence-electron chi connectivity index (χ4n) is 2.45. The summed E-state index contributed by atoms with van der Waals surface area (Å²) in [6.07, 6.45) is 4.77. The standard InChI is InChI=1S/C16H20N10O2/c1-3-25(4-2)10-12-13(20-24-26(12)15-14(17)22-28-23-15)16(27)21-19-9-11-5-7-18-8-6-11/h5-9H,3-4,10H2,1-2H3,(H2,17,22)(H,21,27). The first-order valence-corrected chi connectivity index (χ1v) is 8.62. The fourth-order valence-corrected chi connectivity index (χ4v) is 2.45. The van der Waals surface area contributed by atoms with Gasteiger partial charge in [-0.15, -0.1) is 5.10 Å². The Morgan fingerprint density at radius 3 is 2.71 bits per heavy atom. The van der Waals surface area contributed by atoms with Crippen molar-refractivity contribution >= 4 is 17.9 Å². The number of carbonyl (C=O) groups excluding carboxylic acids is 1. The summed E-state index contributed by atoms with van der Waals surface area (Å²) >= 11 is 0. The zero-order valence-electron chi connectivity index (χ0n) is 15.5. The first-order chi connectivity index (χ1) is 13.6. The summed E-state index contributed by atoms with van der Waals surface area (Å²) in [5, 5.41) is 19.2. The summed E-state index contributed by atoms with van der Waals surface area (Å²) in [4.78, 5) is 18.6. The summed E-state index contributed by atoms with van der Waals surface area (Å²) in [5.41, 5.74) is 9.63. The van der Waals surface area contributed by atoms with Gasteiger partial charge in [-0.05, 0) is 41.1 Å². The second-order valence-electron chi connectivity index (χ2n) is 5.71.